The number of nitrogens with zero attached hydrogens (tertiary/aromatic N) is 2. The van der Waals surface area contributed by atoms with Crippen LogP contribution in [0, 0.1) is 11.3 Å². The maximum atomic E-state index is 8.25. The van der Waals surface area contributed by atoms with E-state index in [0.29, 0.717) is 0 Å². The molecule has 0 saturated heterocycles. The molecule has 0 aliphatic carbocycles. The van der Waals surface area contributed by atoms with E-state index in [0.717, 1.165) is 4.42 Å². The van der Waals surface area contributed by atoms with Crippen molar-refractivity contribution in [1.82, 2.24) is 4.42 Å². The largest absolute Gasteiger partial charge is 0.459 e. The molecule has 0 fully saturated rings. The van der Waals surface area contributed by atoms with Crippen molar-refractivity contribution in [2.75, 3.05) is 6.73 Å². The van der Waals surface area contributed by atoms with E-state index >= 15 is 0 Å². The Hall–Kier alpha value is -0.590. The molecule has 0 aromatic rings. The Balaban J connectivity index is 2.83. The van der Waals surface area contributed by atoms with Gasteiger partial charge in [-0.15, -0.1) is 0 Å². The van der Waals surface area contributed by atoms with Crippen LogP contribution in [0.5, 0.6) is 0 Å². The highest BCUT2D eigenvalue weighted by atomic mass is 35.5. The quantitative estimate of drug-likeness (QED) is 0.401. The summed E-state index contributed by atoms with van der Waals surface area (Å²) in [7, 11) is 0. The van der Waals surface area contributed by atoms with Crippen LogP contribution < -0.4 is 0 Å². The maximum Gasteiger partial charge on any atom is 0.236 e. The normalized spacial score (nSPS) is 17.7. The van der Waals surface area contributed by atoms with E-state index < -0.39 is 0 Å². The van der Waals surface area contributed by atoms with E-state index in [1.54, 1.807) is 6.07 Å². The maximum absolute atomic E-state index is 8.25. The van der Waals surface area contributed by atoms with Gasteiger partial charge in [0.05, 0.1) is 0 Å². The monoisotopic (exact) mass is 164 g/mol. The van der Waals surface area contributed by atoms with Gasteiger partial charge in [-0.25, -0.2) is 4.42 Å². The Labute approximate surface area is 62.1 Å². The second-order valence-corrected chi connectivity index (χ2v) is 2.13. The van der Waals surface area contributed by atoms with Crippen LogP contribution in [0.3, 0.4) is 0 Å². The van der Waals surface area contributed by atoms with Crippen molar-refractivity contribution in [2.24, 2.45) is 0 Å². The lowest BCUT2D eigenvalue weighted by Gasteiger charge is -1.99. The first kappa shape index (κ1) is 6.53. The second-order valence-electron chi connectivity index (χ2n) is 1.37. The van der Waals surface area contributed by atoms with Crippen LogP contribution in [0.15, 0.2) is 10.9 Å². The summed E-state index contributed by atoms with van der Waals surface area (Å²) in [6.45, 7) is 0.142. The Kier molecular flexibility index (Phi) is 1.70. The molecule has 1 aliphatic rings. The molecule has 1 heterocycles. The molecule has 3 nitrogen and oxygen atoms in total. The Morgan fingerprint density at radius 3 is 2.67 bits per heavy atom. The van der Waals surface area contributed by atoms with Crippen LogP contribution in [0.4, 0.5) is 0 Å². The van der Waals surface area contributed by atoms with E-state index in [1.165, 1.54) is 0 Å². The predicted octanol–water partition coefficient (Wildman–Crippen LogP) is 1.36. The molecule has 48 valence electrons. The number of rotatable bonds is 0. The predicted molar refractivity (Wildman–Crippen MR) is 32.1 cm³/mol. The van der Waals surface area contributed by atoms with Gasteiger partial charge in [-0.2, -0.15) is 5.26 Å². The first-order valence-corrected chi connectivity index (χ1v) is 2.83. The zero-order chi connectivity index (χ0) is 6.85. The van der Waals surface area contributed by atoms with Gasteiger partial charge in [0, 0.05) is 11.8 Å². The fourth-order valence-electron chi connectivity index (χ4n) is 0.426. The summed E-state index contributed by atoms with van der Waals surface area (Å²) in [5, 5.41) is 8.40. The molecule has 0 unspecified atom stereocenters. The van der Waals surface area contributed by atoms with Crippen LogP contribution >= 0.6 is 23.4 Å². The molecular weight excluding hydrogens is 163 g/mol. The summed E-state index contributed by atoms with van der Waals surface area (Å²) >= 11 is 10.9. The van der Waals surface area contributed by atoms with Crippen molar-refractivity contribution >= 4 is 23.4 Å². The molecule has 1 rings (SSSR count). The summed E-state index contributed by atoms with van der Waals surface area (Å²) in [4.78, 5) is 0. The fraction of sp³-hybridized carbons (Fsp3) is 0.250. The summed E-state index contributed by atoms with van der Waals surface area (Å²) in [6.07, 6.45) is 0. The van der Waals surface area contributed by atoms with Crippen LogP contribution in [-0.2, 0) is 4.74 Å². The summed E-state index contributed by atoms with van der Waals surface area (Å²) in [5.41, 5.74) is 0. The molecule has 0 saturated carbocycles. The third kappa shape index (κ3) is 1.04. The highest BCUT2D eigenvalue weighted by Crippen LogP contribution is 2.24. The average Bonchev–Trinajstić information content (AvgIpc) is 2.15. The van der Waals surface area contributed by atoms with Crippen molar-refractivity contribution < 1.29 is 4.74 Å². The highest BCUT2D eigenvalue weighted by molar-refractivity contribution is 6.33. The van der Waals surface area contributed by atoms with Crippen molar-refractivity contribution in [3.05, 3.63) is 10.9 Å². The summed E-state index contributed by atoms with van der Waals surface area (Å²) in [6, 6.07) is 1.74. The number of hydrogen-bond acceptors (Lipinski definition) is 3. The third-order valence-corrected chi connectivity index (χ3v) is 1.55. The molecule has 0 amide bonds. The second kappa shape index (κ2) is 2.34. The third-order valence-electron chi connectivity index (χ3n) is 0.824. The first-order chi connectivity index (χ1) is 4.25. The van der Waals surface area contributed by atoms with Crippen LogP contribution in [0.2, 0.25) is 0 Å². The highest BCUT2D eigenvalue weighted by Gasteiger charge is 2.19. The van der Waals surface area contributed by atoms with E-state index in [4.69, 9.17) is 33.4 Å². The number of nitriles is 1. The molecular formula is C4H2Cl2N2O. The lowest BCUT2D eigenvalue weighted by molar-refractivity contribution is 0.207. The van der Waals surface area contributed by atoms with Gasteiger partial charge in [0.15, 0.2) is 11.9 Å². The van der Waals surface area contributed by atoms with Gasteiger partial charge in [-0.1, -0.05) is 11.6 Å². The van der Waals surface area contributed by atoms with Gasteiger partial charge in [0.25, 0.3) is 0 Å². The smallest absolute Gasteiger partial charge is 0.236 e. The first-order valence-electron chi connectivity index (χ1n) is 2.11. The molecule has 0 bridgehead atoms. The van der Waals surface area contributed by atoms with E-state index in [1.807, 2.05) is 0 Å². The Morgan fingerprint density at radius 2 is 2.44 bits per heavy atom. The van der Waals surface area contributed by atoms with Crippen LogP contribution in [0.25, 0.3) is 0 Å². The van der Waals surface area contributed by atoms with Gasteiger partial charge in [0.1, 0.15) is 6.07 Å². The van der Waals surface area contributed by atoms with Gasteiger partial charge in [0.2, 0.25) is 5.76 Å². The molecule has 0 aromatic carbocycles. The minimum atomic E-state index is 0.0756. The minimum absolute atomic E-state index is 0.0756. The standard InChI is InChI=1S/C4H2Cl2N2O/c5-4-3(1-7)9-2-8(4)6/h2H2. The molecule has 0 aromatic heterocycles. The molecule has 0 atom stereocenters. The van der Waals surface area contributed by atoms with Crippen LogP contribution in [-0.4, -0.2) is 11.1 Å². The number of allylic oxidation sites excluding steroid dienone is 1. The average molecular weight is 165 g/mol. The van der Waals surface area contributed by atoms with E-state index in [9.17, 15) is 0 Å². The molecule has 0 spiro atoms. The zero-order valence-corrected chi connectivity index (χ0v) is 5.78. The summed E-state index contributed by atoms with van der Waals surface area (Å²) in [5.74, 6) is 0.0756. The molecule has 5 heteroatoms. The van der Waals surface area contributed by atoms with Crippen molar-refractivity contribution in [2.45, 2.75) is 0 Å². The Morgan fingerprint density at radius 1 is 1.78 bits per heavy atom. The van der Waals surface area contributed by atoms with Gasteiger partial charge in [-0.3, -0.25) is 0 Å². The van der Waals surface area contributed by atoms with E-state index in [2.05, 4.69) is 0 Å². The molecule has 0 N–H and O–H groups in total. The van der Waals surface area contributed by atoms with Crippen molar-refractivity contribution in [1.29, 1.82) is 5.26 Å². The molecule has 1 aliphatic heterocycles. The Bertz CT molecular complexity index is 195. The van der Waals surface area contributed by atoms with Crippen LogP contribution in [0.1, 0.15) is 0 Å². The zero-order valence-electron chi connectivity index (χ0n) is 4.27. The lowest BCUT2D eigenvalue weighted by atomic mass is 10.6. The lowest BCUT2D eigenvalue weighted by Crippen LogP contribution is -2.01. The van der Waals surface area contributed by atoms with Gasteiger partial charge in [-0.05, 0) is 0 Å². The SMILES string of the molecule is N#CC1=C(Cl)N(Cl)CO1. The van der Waals surface area contributed by atoms with Gasteiger partial charge >= 0.3 is 0 Å². The van der Waals surface area contributed by atoms with E-state index in [-0.39, 0.29) is 17.6 Å². The van der Waals surface area contributed by atoms with Crippen molar-refractivity contribution in [3.63, 3.8) is 0 Å². The van der Waals surface area contributed by atoms with Crippen molar-refractivity contribution in [3.8, 4) is 6.07 Å². The number of ether oxygens (including phenoxy) is 1. The summed E-state index contributed by atoms with van der Waals surface area (Å²) < 4.78 is 5.83. The number of hydrogen-bond donors (Lipinski definition) is 0. The number of halogens is 2. The molecule has 0 radical (unpaired) electrons. The minimum Gasteiger partial charge on any atom is -0.459 e. The topological polar surface area (TPSA) is 36.3 Å². The fourth-order valence-corrected chi connectivity index (χ4v) is 0.697. The molecule has 9 heavy (non-hydrogen) atoms. The van der Waals surface area contributed by atoms with Gasteiger partial charge < -0.3 is 4.74 Å².